The van der Waals surface area contributed by atoms with Crippen LogP contribution in [0.2, 0.25) is 0 Å². The van der Waals surface area contributed by atoms with E-state index in [1.54, 1.807) is 0 Å². The van der Waals surface area contributed by atoms with Crippen LogP contribution >= 0.6 is 0 Å². The first-order chi connectivity index (χ1) is 18.6. The largest absolute Gasteiger partial charge is 0.465 e. The van der Waals surface area contributed by atoms with Gasteiger partial charge in [-0.05, 0) is 117 Å². The monoisotopic (exact) mass is 555 g/mol. The number of allylic oxidation sites excluding steroid dienone is 1. The van der Waals surface area contributed by atoms with E-state index in [1.165, 1.54) is 19.4 Å². The van der Waals surface area contributed by atoms with Crippen LogP contribution in [-0.4, -0.2) is 30.6 Å². The Labute approximate surface area is 241 Å². The minimum Gasteiger partial charge on any atom is -0.465 e. The molecule has 0 aromatic heterocycles. The van der Waals surface area contributed by atoms with Crippen molar-refractivity contribution in [2.45, 2.75) is 119 Å². The summed E-state index contributed by atoms with van der Waals surface area (Å²) in [5.41, 5.74) is 6.93. The van der Waals surface area contributed by atoms with Crippen LogP contribution in [0, 0.1) is 56.7 Å². The number of rotatable bonds is 5. The molecule has 11 atom stereocenters. The van der Waals surface area contributed by atoms with Gasteiger partial charge in [0.05, 0.1) is 5.41 Å². The van der Waals surface area contributed by atoms with Crippen molar-refractivity contribution in [1.29, 1.82) is 0 Å². The second-order valence-electron chi connectivity index (χ2n) is 15.6. The van der Waals surface area contributed by atoms with Gasteiger partial charge in [-0.15, -0.1) is 0 Å². The van der Waals surface area contributed by atoms with Gasteiger partial charge >= 0.3 is 11.9 Å². The van der Waals surface area contributed by atoms with Crippen LogP contribution in [0.3, 0.4) is 0 Å². The molecule has 5 aliphatic rings. The molecule has 0 spiro atoms. The Morgan fingerprint density at radius 3 is 2.10 bits per heavy atom. The highest BCUT2D eigenvalue weighted by Crippen LogP contribution is 2.77. The average Bonchev–Trinajstić information content (AvgIpc) is 3.26. The molecule has 5 aliphatic carbocycles. The Morgan fingerprint density at radius 1 is 0.800 bits per heavy atom. The summed E-state index contributed by atoms with van der Waals surface area (Å²) in [5.74, 6) is 1.29. The van der Waals surface area contributed by atoms with Crippen molar-refractivity contribution in [3.8, 4) is 0 Å². The lowest BCUT2D eigenvalue weighted by atomic mass is 9.32. The number of esters is 2. The molecule has 6 heteroatoms. The fraction of sp³-hybridized carbons (Fsp3) is 0.853. The number of carbonyl (C=O) groups is 3. The highest BCUT2D eigenvalue weighted by molar-refractivity contribution is 5.82. The first-order valence-electron chi connectivity index (χ1n) is 15.8. The fourth-order valence-corrected chi connectivity index (χ4v) is 12.2. The van der Waals surface area contributed by atoms with Crippen LogP contribution in [0.1, 0.15) is 113 Å². The van der Waals surface area contributed by atoms with Crippen LogP contribution < -0.4 is 5.73 Å². The molecule has 40 heavy (non-hydrogen) atoms. The second-order valence-corrected chi connectivity index (χ2v) is 15.6. The van der Waals surface area contributed by atoms with Gasteiger partial charge in [0.1, 0.15) is 12.7 Å². The average molecular weight is 556 g/mol. The summed E-state index contributed by atoms with van der Waals surface area (Å²) in [7, 11) is 0. The molecule has 5 rings (SSSR count). The third-order valence-electron chi connectivity index (χ3n) is 14.2. The van der Waals surface area contributed by atoms with E-state index in [4.69, 9.17) is 15.2 Å². The SMILES string of the molecule is C=C(C)[C@@H]1CC[C@]2(C(N)=O)CC[C@]3(C)C(CC[C@@H]4[C@@]5(C)CCC(OC(C)=O)[C@@](C)(COC(C)=O)[C@@H]5CC[C@]43C)[C@@H]12. The molecule has 2 unspecified atom stereocenters. The van der Waals surface area contributed by atoms with Crippen LogP contribution in [-0.2, 0) is 23.9 Å². The van der Waals surface area contributed by atoms with Crippen LogP contribution in [0.4, 0.5) is 0 Å². The number of hydrogen-bond donors (Lipinski definition) is 1. The molecule has 224 valence electrons. The lowest BCUT2D eigenvalue weighted by Crippen LogP contribution is -2.68. The van der Waals surface area contributed by atoms with Gasteiger partial charge in [0.15, 0.2) is 0 Å². The van der Waals surface area contributed by atoms with E-state index in [1.807, 2.05) is 0 Å². The third kappa shape index (κ3) is 3.89. The van der Waals surface area contributed by atoms with Crippen molar-refractivity contribution in [2.24, 2.45) is 62.4 Å². The molecule has 0 bridgehead atoms. The molecule has 0 aliphatic heterocycles. The van der Waals surface area contributed by atoms with Gasteiger partial charge in [0.25, 0.3) is 0 Å². The highest BCUT2D eigenvalue weighted by atomic mass is 16.6. The quantitative estimate of drug-likeness (QED) is 0.304. The van der Waals surface area contributed by atoms with Gasteiger partial charge < -0.3 is 15.2 Å². The number of carbonyl (C=O) groups excluding carboxylic acids is 3. The van der Waals surface area contributed by atoms with Crippen molar-refractivity contribution in [1.82, 2.24) is 0 Å². The van der Waals surface area contributed by atoms with Crippen molar-refractivity contribution in [3.05, 3.63) is 12.2 Å². The van der Waals surface area contributed by atoms with Gasteiger partial charge in [-0.2, -0.15) is 0 Å². The summed E-state index contributed by atoms with van der Waals surface area (Å²) >= 11 is 0. The summed E-state index contributed by atoms with van der Waals surface area (Å²) in [5, 5.41) is 0. The Morgan fingerprint density at radius 2 is 1.50 bits per heavy atom. The number of nitrogens with two attached hydrogens (primary N) is 1. The predicted molar refractivity (Wildman–Crippen MR) is 155 cm³/mol. The van der Waals surface area contributed by atoms with Gasteiger partial charge in [0, 0.05) is 19.3 Å². The van der Waals surface area contributed by atoms with Crippen LogP contribution in [0.15, 0.2) is 12.2 Å². The van der Waals surface area contributed by atoms with Crippen molar-refractivity contribution in [3.63, 3.8) is 0 Å². The topological polar surface area (TPSA) is 95.7 Å². The lowest BCUT2D eigenvalue weighted by molar-refractivity contribution is -0.256. The van der Waals surface area contributed by atoms with Gasteiger partial charge in [-0.3, -0.25) is 14.4 Å². The minimum atomic E-state index is -0.423. The minimum absolute atomic E-state index is 0.0498. The van der Waals surface area contributed by atoms with E-state index in [0.29, 0.717) is 29.6 Å². The summed E-state index contributed by atoms with van der Waals surface area (Å²) in [6.07, 6.45) is 9.82. The zero-order chi connectivity index (χ0) is 29.5. The van der Waals surface area contributed by atoms with Crippen molar-refractivity contribution < 1.29 is 23.9 Å². The summed E-state index contributed by atoms with van der Waals surface area (Å²) < 4.78 is 11.6. The summed E-state index contributed by atoms with van der Waals surface area (Å²) in [6.45, 7) is 19.6. The number of hydrogen-bond acceptors (Lipinski definition) is 5. The smallest absolute Gasteiger partial charge is 0.302 e. The van der Waals surface area contributed by atoms with Crippen molar-refractivity contribution >= 4 is 17.8 Å². The van der Waals surface area contributed by atoms with E-state index in [0.717, 1.165) is 64.2 Å². The van der Waals surface area contributed by atoms with Crippen molar-refractivity contribution in [2.75, 3.05) is 6.61 Å². The summed E-state index contributed by atoms with van der Waals surface area (Å²) in [6, 6.07) is 0. The first-order valence-corrected chi connectivity index (χ1v) is 15.8. The predicted octanol–water partition coefficient (Wildman–Crippen LogP) is 6.60. The van der Waals surface area contributed by atoms with E-state index in [2.05, 4.69) is 41.2 Å². The third-order valence-corrected chi connectivity index (χ3v) is 14.2. The molecular formula is C34H53NO5. The zero-order valence-electron chi connectivity index (χ0n) is 26.1. The zero-order valence-corrected chi connectivity index (χ0v) is 26.1. The molecule has 0 aromatic carbocycles. The van der Waals surface area contributed by atoms with E-state index in [-0.39, 0.29) is 52.2 Å². The summed E-state index contributed by atoms with van der Waals surface area (Å²) in [4.78, 5) is 37.2. The van der Waals surface area contributed by atoms with Crippen LogP contribution in [0.5, 0.6) is 0 Å². The molecule has 5 fully saturated rings. The number of fused-ring (bicyclic) bond motifs is 7. The second kappa shape index (κ2) is 9.59. The standard InChI is InChI=1S/C34H53NO5/c1-20(2)23-11-16-34(29(35)38)18-17-32(7)24(28(23)34)9-10-26-30(5)14-13-27(40-22(4)37)31(6,19-39-21(3)36)25(30)12-15-33(26,32)8/h23-28H,1,9-19H2,2-8H3,(H2,35,38)/t23-,24?,25+,26+,27?,28+,30-,31-,32+,33+,34-/m0/s1. The molecule has 0 saturated heterocycles. The van der Waals surface area contributed by atoms with Crippen LogP contribution in [0.25, 0.3) is 0 Å². The van der Waals surface area contributed by atoms with E-state index >= 15 is 0 Å². The Kier molecular flexibility index (Phi) is 7.11. The van der Waals surface area contributed by atoms with E-state index < -0.39 is 5.41 Å². The Balaban J connectivity index is 1.53. The maximum atomic E-state index is 13.1. The lowest BCUT2D eigenvalue weighted by Gasteiger charge is -2.72. The Hall–Kier alpha value is -1.85. The molecule has 0 radical (unpaired) electrons. The molecule has 5 saturated carbocycles. The molecule has 0 heterocycles. The number of ether oxygens (including phenoxy) is 2. The van der Waals surface area contributed by atoms with Gasteiger partial charge in [0.2, 0.25) is 5.91 Å². The van der Waals surface area contributed by atoms with Gasteiger partial charge in [-0.1, -0.05) is 39.8 Å². The van der Waals surface area contributed by atoms with Gasteiger partial charge in [-0.25, -0.2) is 0 Å². The maximum Gasteiger partial charge on any atom is 0.302 e. The highest BCUT2D eigenvalue weighted by Gasteiger charge is 2.72. The first kappa shape index (κ1) is 29.6. The van der Waals surface area contributed by atoms with E-state index in [9.17, 15) is 14.4 Å². The fourth-order valence-electron chi connectivity index (χ4n) is 12.2. The number of primary amides is 1. The maximum absolute atomic E-state index is 13.1. The normalized spacial score (nSPS) is 49.5. The molecule has 2 N–H and O–H groups in total. The molecular weight excluding hydrogens is 502 g/mol. The molecule has 0 aromatic rings. The molecule has 6 nitrogen and oxygen atoms in total. The number of amides is 1. The Bertz CT molecular complexity index is 1100. The molecule has 1 amide bonds.